The van der Waals surface area contributed by atoms with Crippen molar-refractivity contribution < 1.29 is 9.90 Å². The number of aliphatic hydroxyl groups is 1. The highest BCUT2D eigenvalue weighted by Gasteiger charge is 2.28. The van der Waals surface area contributed by atoms with Crippen LogP contribution in [0, 0.1) is 5.92 Å². The van der Waals surface area contributed by atoms with Gasteiger partial charge in [-0.1, -0.05) is 0 Å². The fourth-order valence-electron chi connectivity index (χ4n) is 2.47. The molecule has 1 N–H and O–H groups in total. The van der Waals surface area contributed by atoms with Crippen molar-refractivity contribution in [1.29, 1.82) is 0 Å². The maximum atomic E-state index is 12.0. The maximum Gasteiger partial charge on any atom is 0.222 e. The highest BCUT2D eigenvalue weighted by atomic mass is 79.9. The minimum atomic E-state index is -0.304. The minimum Gasteiger partial charge on any atom is -0.393 e. The van der Waals surface area contributed by atoms with Crippen LogP contribution in [0.25, 0.3) is 0 Å². The molecule has 0 aromatic carbocycles. The van der Waals surface area contributed by atoms with Crippen LogP contribution >= 0.6 is 27.3 Å². The van der Waals surface area contributed by atoms with Crippen molar-refractivity contribution in [2.24, 2.45) is 5.92 Å². The van der Waals surface area contributed by atoms with Crippen LogP contribution in [0.2, 0.25) is 0 Å². The normalized spacial score (nSPS) is 20.8. The Labute approximate surface area is 126 Å². The van der Waals surface area contributed by atoms with Gasteiger partial charge in [0, 0.05) is 30.3 Å². The quantitative estimate of drug-likeness (QED) is 0.890. The van der Waals surface area contributed by atoms with Gasteiger partial charge in [-0.25, -0.2) is 0 Å². The van der Waals surface area contributed by atoms with E-state index in [1.165, 1.54) is 4.88 Å². The van der Waals surface area contributed by atoms with Crippen LogP contribution in [0.15, 0.2) is 15.9 Å². The van der Waals surface area contributed by atoms with E-state index in [2.05, 4.69) is 28.1 Å². The van der Waals surface area contributed by atoms with E-state index < -0.39 is 0 Å². The number of halogens is 1. The number of thiophene rings is 1. The number of hydrogen-bond acceptors (Lipinski definition) is 3. The molecule has 2 rings (SSSR count). The van der Waals surface area contributed by atoms with E-state index in [1.807, 2.05) is 11.8 Å². The van der Waals surface area contributed by atoms with Crippen molar-refractivity contribution in [3.8, 4) is 0 Å². The summed E-state index contributed by atoms with van der Waals surface area (Å²) < 4.78 is 1.15. The Bertz CT molecular complexity index is 433. The maximum absolute atomic E-state index is 12.0. The molecular weight excluding hydrogens is 326 g/mol. The number of nitrogens with zero attached hydrogens (tertiary/aromatic N) is 1. The van der Waals surface area contributed by atoms with Gasteiger partial charge in [0.1, 0.15) is 0 Å². The minimum absolute atomic E-state index is 0.235. The Morgan fingerprint density at radius 1 is 1.63 bits per heavy atom. The molecule has 1 aromatic rings. The first-order valence-electron chi connectivity index (χ1n) is 6.76. The third-order valence-corrected chi connectivity index (χ3v) is 5.39. The van der Waals surface area contributed by atoms with Gasteiger partial charge in [-0.3, -0.25) is 4.79 Å². The highest BCUT2D eigenvalue weighted by Crippen LogP contribution is 2.24. The van der Waals surface area contributed by atoms with Crippen molar-refractivity contribution in [2.75, 3.05) is 13.1 Å². The Kier molecular flexibility index (Phi) is 5.42. The second-order valence-electron chi connectivity index (χ2n) is 5.19. The van der Waals surface area contributed by atoms with Gasteiger partial charge in [0.15, 0.2) is 0 Å². The zero-order valence-corrected chi connectivity index (χ0v) is 13.5. The lowest BCUT2D eigenvalue weighted by molar-refractivity contribution is -0.130. The van der Waals surface area contributed by atoms with Crippen molar-refractivity contribution >= 4 is 33.2 Å². The lowest BCUT2D eigenvalue weighted by atomic mass is 10.0. The SMILES string of the molecule is CC(O)C1CCN(C(=O)CCCc2ccc(Br)s2)C1. The summed E-state index contributed by atoms with van der Waals surface area (Å²) in [5.41, 5.74) is 0. The zero-order chi connectivity index (χ0) is 13.8. The highest BCUT2D eigenvalue weighted by molar-refractivity contribution is 9.11. The standard InChI is InChI=1S/C14H20BrNO2S/c1-10(17)11-7-8-16(9-11)14(18)4-2-3-12-5-6-13(15)19-12/h5-6,10-11,17H,2-4,7-9H2,1H3. The van der Waals surface area contributed by atoms with Gasteiger partial charge < -0.3 is 10.0 Å². The molecule has 0 aliphatic carbocycles. The molecule has 106 valence electrons. The van der Waals surface area contributed by atoms with Crippen molar-refractivity contribution in [3.05, 3.63) is 20.8 Å². The van der Waals surface area contributed by atoms with Crippen molar-refractivity contribution in [3.63, 3.8) is 0 Å². The number of aliphatic hydroxyl groups excluding tert-OH is 1. The van der Waals surface area contributed by atoms with E-state index in [0.717, 1.165) is 36.1 Å². The van der Waals surface area contributed by atoms with Crippen LogP contribution in [0.5, 0.6) is 0 Å². The van der Waals surface area contributed by atoms with E-state index >= 15 is 0 Å². The Morgan fingerprint density at radius 3 is 3.00 bits per heavy atom. The van der Waals surface area contributed by atoms with Gasteiger partial charge >= 0.3 is 0 Å². The molecule has 0 bridgehead atoms. The summed E-state index contributed by atoms with van der Waals surface area (Å²) >= 11 is 5.18. The van der Waals surface area contributed by atoms with Crippen molar-refractivity contribution in [1.82, 2.24) is 4.90 Å². The second kappa shape index (κ2) is 6.86. The van der Waals surface area contributed by atoms with E-state index in [9.17, 15) is 9.90 Å². The number of rotatable bonds is 5. The summed E-state index contributed by atoms with van der Waals surface area (Å²) in [6, 6.07) is 4.16. The van der Waals surface area contributed by atoms with Crippen molar-refractivity contribution in [2.45, 2.75) is 38.7 Å². The number of aryl methyl sites for hydroxylation is 1. The van der Waals surface area contributed by atoms with E-state index in [-0.39, 0.29) is 17.9 Å². The van der Waals surface area contributed by atoms with Crippen LogP contribution < -0.4 is 0 Å². The molecule has 3 nitrogen and oxygen atoms in total. The fraction of sp³-hybridized carbons (Fsp3) is 0.643. The molecule has 1 saturated heterocycles. The van der Waals surface area contributed by atoms with Crippen LogP contribution in [-0.4, -0.2) is 35.1 Å². The molecule has 19 heavy (non-hydrogen) atoms. The van der Waals surface area contributed by atoms with Crippen LogP contribution in [-0.2, 0) is 11.2 Å². The molecule has 0 saturated carbocycles. The first-order valence-corrected chi connectivity index (χ1v) is 8.37. The molecule has 1 aliphatic heterocycles. The lowest BCUT2D eigenvalue weighted by Crippen LogP contribution is -2.30. The molecule has 5 heteroatoms. The van der Waals surface area contributed by atoms with Gasteiger partial charge in [0.05, 0.1) is 9.89 Å². The predicted molar refractivity (Wildman–Crippen MR) is 81.3 cm³/mol. The summed E-state index contributed by atoms with van der Waals surface area (Å²) in [5, 5.41) is 9.54. The van der Waals surface area contributed by atoms with E-state index in [4.69, 9.17) is 0 Å². The molecule has 2 atom stereocenters. The first kappa shape index (κ1) is 15.0. The number of amides is 1. The Balaban J connectivity index is 1.70. The largest absolute Gasteiger partial charge is 0.393 e. The molecule has 1 aliphatic rings. The van der Waals surface area contributed by atoms with Gasteiger partial charge in [-0.15, -0.1) is 11.3 Å². The smallest absolute Gasteiger partial charge is 0.222 e. The number of carbonyl (C=O) groups excluding carboxylic acids is 1. The van der Waals surface area contributed by atoms with Crippen LogP contribution in [0.4, 0.5) is 0 Å². The van der Waals surface area contributed by atoms with Gasteiger partial charge in [-0.2, -0.15) is 0 Å². The molecular formula is C14H20BrNO2S. The van der Waals surface area contributed by atoms with E-state index in [1.54, 1.807) is 11.3 Å². The summed E-state index contributed by atoms with van der Waals surface area (Å²) in [7, 11) is 0. The topological polar surface area (TPSA) is 40.5 Å². The number of hydrogen-bond donors (Lipinski definition) is 1. The van der Waals surface area contributed by atoms with Gasteiger partial charge in [0.2, 0.25) is 5.91 Å². The van der Waals surface area contributed by atoms with Gasteiger partial charge in [-0.05, 0) is 54.2 Å². The average molecular weight is 346 g/mol. The van der Waals surface area contributed by atoms with Crippen LogP contribution in [0.3, 0.4) is 0 Å². The predicted octanol–water partition coefficient (Wildman–Crippen LogP) is 3.06. The molecule has 2 heterocycles. The molecule has 2 unspecified atom stereocenters. The lowest BCUT2D eigenvalue weighted by Gasteiger charge is -2.17. The monoisotopic (exact) mass is 345 g/mol. The van der Waals surface area contributed by atoms with Crippen LogP contribution in [0.1, 0.15) is 31.1 Å². The number of likely N-dealkylation sites (tertiary alicyclic amines) is 1. The summed E-state index contributed by atoms with van der Waals surface area (Å²) in [6.45, 7) is 3.34. The number of carbonyl (C=O) groups is 1. The zero-order valence-electron chi connectivity index (χ0n) is 11.1. The molecule has 1 amide bonds. The van der Waals surface area contributed by atoms with E-state index in [0.29, 0.717) is 6.42 Å². The van der Waals surface area contributed by atoms with Gasteiger partial charge in [0.25, 0.3) is 0 Å². The summed E-state index contributed by atoms with van der Waals surface area (Å²) in [4.78, 5) is 15.3. The molecule has 0 radical (unpaired) electrons. The summed E-state index contributed by atoms with van der Waals surface area (Å²) in [5.74, 6) is 0.496. The molecule has 0 spiro atoms. The second-order valence-corrected chi connectivity index (χ2v) is 7.74. The third kappa shape index (κ3) is 4.29. The fourth-order valence-corrected chi connectivity index (χ4v) is 3.99. The summed E-state index contributed by atoms with van der Waals surface area (Å²) in [6.07, 6.45) is 3.11. The first-order chi connectivity index (χ1) is 9.06. The third-order valence-electron chi connectivity index (χ3n) is 3.70. The average Bonchev–Trinajstić information content (AvgIpc) is 2.98. The molecule has 1 aromatic heterocycles. The molecule has 1 fully saturated rings. The Morgan fingerprint density at radius 2 is 2.42 bits per heavy atom. The Hall–Kier alpha value is -0.390.